The van der Waals surface area contributed by atoms with Gasteiger partial charge in [-0.05, 0) is 6.42 Å². The lowest BCUT2D eigenvalue weighted by Gasteiger charge is -2.23. The molecule has 1 heterocycles. The summed E-state index contributed by atoms with van der Waals surface area (Å²) < 4.78 is 10.1. The van der Waals surface area contributed by atoms with Crippen molar-refractivity contribution < 1.29 is 9.47 Å². The summed E-state index contributed by atoms with van der Waals surface area (Å²) in [4.78, 5) is 10.4. The Balaban J connectivity index is 2.64. The summed E-state index contributed by atoms with van der Waals surface area (Å²) >= 11 is 0. The van der Waals surface area contributed by atoms with E-state index in [0.717, 1.165) is 19.5 Å². The van der Waals surface area contributed by atoms with Gasteiger partial charge in [-0.2, -0.15) is 0 Å². The Bertz CT molecular complexity index is 322. The van der Waals surface area contributed by atoms with Crippen molar-refractivity contribution in [3.8, 4) is 0 Å². The molecule has 6 heteroatoms. The maximum Gasteiger partial charge on any atom is 0.171 e. The molecular weight excluding hydrogens is 220 g/mol. The minimum Gasteiger partial charge on any atom is -0.385 e. The second kappa shape index (κ2) is 7.81. The molecule has 0 atom stereocenters. The van der Waals surface area contributed by atoms with Crippen LogP contribution < -0.4 is 10.6 Å². The van der Waals surface area contributed by atoms with Gasteiger partial charge in [0.2, 0.25) is 0 Å². The standard InChI is InChI=1S/C11H20N4O2/c1-16-8-3-6-15(7-9-17-2)11-10(12)13-4-5-14-11/h4-5H,3,6-9H2,1-2H3,(H2,12,13). The summed E-state index contributed by atoms with van der Waals surface area (Å²) in [5, 5.41) is 0. The number of nitrogen functional groups attached to an aromatic ring is 1. The second-order valence-electron chi connectivity index (χ2n) is 3.59. The average Bonchev–Trinajstić information content (AvgIpc) is 2.35. The van der Waals surface area contributed by atoms with Crippen LogP contribution in [0.4, 0.5) is 11.6 Å². The molecule has 1 rings (SSSR count). The van der Waals surface area contributed by atoms with Crippen molar-refractivity contribution in [3.05, 3.63) is 12.4 Å². The van der Waals surface area contributed by atoms with E-state index in [4.69, 9.17) is 15.2 Å². The summed E-state index contributed by atoms with van der Waals surface area (Å²) in [6.07, 6.45) is 4.14. The van der Waals surface area contributed by atoms with Crippen LogP contribution in [-0.4, -0.2) is 50.5 Å². The molecule has 0 bridgehead atoms. The van der Waals surface area contributed by atoms with Gasteiger partial charge >= 0.3 is 0 Å². The first-order valence-corrected chi connectivity index (χ1v) is 5.59. The number of anilines is 2. The molecule has 0 aliphatic carbocycles. The van der Waals surface area contributed by atoms with Gasteiger partial charge < -0.3 is 20.1 Å². The van der Waals surface area contributed by atoms with Crippen molar-refractivity contribution in [2.24, 2.45) is 0 Å². The lowest BCUT2D eigenvalue weighted by Crippen LogP contribution is -2.30. The van der Waals surface area contributed by atoms with E-state index < -0.39 is 0 Å². The van der Waals surface area contributed by atoms with E-state index in [-0.39, 0.29) is 0 Å². The van der Waals surface area contributed by atoms with Gasteiger partial charge in [0.15, 0.2) is 11.6 Å². The lowest BCUT2D eigenvalue weighted by atomic mass is 10.3. The molecule has 0 aromatic carbocycles. The molecule has 0 amide bonds. The normalized spacial score (nSPS) is 10.5. The Morgan fingerprint density at radius 1 is 1.12 bits per heavy atom. The smallest absolute Gasteiger partial charge is 0.171 e. The van der Waals surface area contributed by atoms with Gasteiger partial charge in [0.1, 0.15) is 0 Å². The van der Waals surface area contributed by atoms with Crippen molar-refractivity contribution in [2.75, 3.05) is 51.2 Å². The molecule has 0 fully saturated rings. The zero-order valence-electron chi connectivity index (χ0n) is 10.4. The predicted molar refractivity (Wildman–Crippen MR) is 67.0 cm³/mol. The summed E-state index contributed by atoms with van der Waals surface area (Å²) in [6.45, 7) is 2.90. The number of methoxy groups -OCH3 is 2. The first-order valence-electron chi connectivity index (χ1n) is 5.59. The van der Waals surface area contributed by atoms with Crippen LogP contribution in [0.1, 0.15) is 6.42 Å². The molecule has 0 radical (unpaired) electrons. The SMILES string of the molecule is COCCCN(CCOC)c1nccnc1N. The largest absolute Gasteiger partial charge is 0.385 e. The van der Waals surface area contributed by atoms with E-state index in [9.17, 15) is 0 Å². The van der Waals surface area contributed by atoms with Crippen molar-refractivity contribution in [1.82, 2.24) is 9.97 Å². The molecule has 1 aromatic heterocycles. The molecule has 2 N–H and O–H groups in total. The lowest BCUT2D eigenvalue weighted by molar-refractivity contribution is 0.191. The Hall–Kier alpha value is -1.40. The zero-order valence-corrected chi connectivity index (χ0v) is 10.4. The van der Waals surface area contributed by atoms with Crippen molar-refractivity contribution in [3.63, 3.8) is 0 Å². The molecule has 17 heavy (non-hydrogen) atoms. The fourth-order valence-corrected chi connectivity index (χ4v) is 1.51. The van der Waals surface area contributed by atoms with E-state index in [2.05, 4.69) is 14.9 Å². The molecular formula is C11H20N4O2. The molecule has 6 nitrogen and oxygen atoms in total. The van der Waals surface area contributed by atoms with Crippen LogP contribution in [0.3, 0.4) is 0 Å². The Labute approximate surface area is 102 Å². The summed E-state index contributed by atoms with van der Waals surface area (Å²) in [5.74, 6) is 1.15. The summed E-state index contributed by atoms with van der Waals surface area (Å²) in [6, 6.07) is 0. The van der Waals surface area contributed by atoms with Crippen molar-refractivity contribution in [1.29, 1.82) is 0 Å². The Morgan fingerprint density at radius 2 is 1.82 bits per heavy atom. The van der Waals surface area contributed by atoms with Crippen LogP contribution in [0.15, 0.2) is 12.4 Å². The molecule has 0 spiro atoms. The van der Waals surface area contributed by atoms with Gasteiger partial charge in [0, 0.05) is 46.3 Å². The highest BCUT2D eigenvalue weighted by Gasteiger charge is 2.11. The molecule has 0 aliphatic rings. The first kappa shape index (κ1) is 13.7. The first-order chi connectivity index (χ1) is 8.29. The van der Waals surface area contributed by atoms with E-state index >= 15 is 0 Å². The number of nitrogens with two attached hydrogens (primary N) is 1. The highest BCUT2D eigenvalue weighted by atomic mass is 16.5. The molecule has 0 unspecified atom stereocenters. The number of hydrogen-bond donors (Lipinski definition) is 1. The van der Waals surface area contributed by atoms with Gasteiger partial charge in [-0.25, -0.2) is 9.97 Å². The number of nitrogens with zero attached hydrogens (tertiary/aromatic N) is 3. The highest BCUT2D eigenvalue weighted by molar-refractivity contribution is 5.57. The second-order valence-corrected chi connectivity index (χ2v) is 3.59. The number of aromatic nitrogens is 2. The van der Waals surface area contributed by atoms with Crippen LogP contribution in [0.2, 0.25) is 0 Å². The fraction of sp³-hybridized carbons (Fsp3) is 0.636. The molecule has 0 aliphatic heterocycles. The van der Waals surface area contributed by atoms with Crippen LogP contribution >= 0.6 is 0 Å². The topological polar surface area (TPSA) is 73.5 Å². The molecule has 0 saturated heterocycles. The average molecular weight is 240 g/mol. The monoisotopic (exact) mass is 240 g/mol. The maximum absolute atomic E-state index is 5.81. The van der Waals surface area contributed by atoms with Crippen LogP contribution in [0.25, 0.3) is 0 Å². The number of rotatable bonds is 8. The third kappa shape index (κ3) is 4.54. The molecule has 96 valence electrons. The minimum absolute atomic E-state index is 0.445. The Kier molecular flexibility index (Phi) is 6.27. The van der Waals surface area contributed by atoms with E-state index in [0.29, 0.717) is 24.8 Å². The Morgan fingerprint density at radius 3 is 2.47 bits per heavy atom. The number of ether oxygens (including phenoxy) is 2. The molecule has 1 aromatic rings. The van der Waals surface area contributed by atoms with Gasteiger partial charge in [-0.1, -0.05) is 0 Å². The van der Waals surface area contributed by atoms with Gasteiger partial charge in [0.05, 0.1) is 6.61 Å². The van der Waals surface area contributed by atoms with Crippen LogP contribution in [0, 0.1) is 0 Å². The third-order valence-corrected chi connectivity index (χ3v) is 2.35. The van der Waals surface area contributed by atoms with Gasteiger partial charge in [0.25, 0.3) is 0 Å². The van der Waals surface area contributed by atoms with Gasteiger partial charge in [-0.3, -0.25) is 0 Å². The van der Waals surface area contributed by atoms with Gasteiger partial charge in [-0.15, -0.1) is 0 Å². The van der Waals surface area contributed by atoms with E-state index in [1.807, 2.05) is 0 Å². The quantitative estimate of drug-likeness (QED) is 0.669. The van der Waals surface area contributed by atoms with Crippen LogP contribution in [0.5, 0.6) is 0 Å². The summed E-state index contributed by atoms with van der Waals surface area (Å²) in [5.41, 5.74) is 5.81. The maximum atomic E-state index is 5.81. The van der Waals surface area contributed by atoms with Crippen molar-refractivity contribution >= 4 is 11.6 Å². The predicted octanol–water partition coefficient (Wildman–Crippen LogP) is 0.548. The highest BCUT2D eigenvalue weighted by Crippen LogP contribution is 2.16. The summed E-state index contributed by atoms with van der Waals surface area (Å²) in [7, 11) is 3.36. The molecule has 0 saturated carbocycles. The van der Waals surface area contributed by atoms with E-state index in [1.54, 1.807) is 26.6 Å². The van der Waals surface area contributed by atoms with Crippen molar-refractivity contribution in [2.45, 2.75) is 6.42 Å². The third-order valence-electron chi connectivity index (χ3n) is 2.35. The fourth-order valence-electron chi connectivity index (χ4n) is 1.51. The minimum atomic E-state index is 0.445. The number of hydrogen-bond acceptors (Lipinski definition) is 6. The van der Waals surface area contributed by atoms with E-state index in [1.165, 1.54) is 0 Å². The van der Waals surface area contributed by atoms with Crippen LogP contribution in [-0.2, 0) is 9.47 Å². The zero-order chi connectivity index (χ0) is 12.5.